The third-order valence-electron chi connectivity index (χ3n) is 3.69. The number of hydrogen-bond donors (Lipinski definition) is 1. The van der Waals surface area contributed by atoms with E-state index >= 15 is 0 Å². The lowest BCUT2D eigenvalue weighted by atomic mass is 10.2. The van der Waals surface area contributed by atoms with E-state index < -0.39 is 10.9 Å². The first-order valence-corrected chi connectivity index (χ1v) is 8.34. The molecule has 1 amide bonds. The number of carbonyl (C=O) groups excluding carboxylic acids is 2. The second-order valence-corrected chi connectivity index (χ2v) is 6.80. The number of nitro groups is 1. The molecule has 0 aliphatic carbocycles. The summed E-state index contributed by atoms with van der Waals surface area (Å²) in [5.74, 6) is -0.734. The molecular formula is C17H14N2O5S. The van der Waals surface area contributed by atoms with Crippen LogP contribution in [0.1, 0.15) is 22.8 Å². The fourth-order valence-electron chi connectivity index (χ4n) is 2.37. The van der Waals surface area contributed by atoms with Gasteiger partial charge in [0.1, 0.15) is 6.61 Å². The minimum atomic E-state index is -0.612. The lowest BCUT2D eigenvalue weighted by Gasteiger charge is -2.21. The van der Waals surface area contributed by atoms with Gasteiger partial charge >= 0.3 is 5.97 Å². The molecule has 0 spiro atoms. The van der Waals surface area contributed by atoms with Crippen LogP contribution in [-0.2, 0) is 16.1 Å². The van der Waals surface area contributed by atoms with Gasteiger partial charge in [0.25, 0.3) is 5.69 Å². The maximum absolute atomic E-state index is 12.2. The van der Waals surface area contributed by atoms with Crippen LogP contribution in [0.15, 0.2) is 47.4 Å². The van der Waals surface area contributed by atoms with E-state index in [-0.39, 0.29) is 29.0 Å². The predicted molar refractivity (Wildman–Crippen MR) is 92.6 cm³/mol. The molecule has 0 aromatic heterocycles. The molecule has 0 unspecified atom stereocenters. The van der Waals surface area contributed by atoms with E-state index in [4.69, 9.17) is 4.74 Å². The van der Waals surface area contributed by atoms with Crippen molar-refractivity contribution in [3.63, 3.8) is 0 Å². The molecule has 1 aliphatic heterocycles. The van der Waals surface area contributed by atoms with E-state index in [0.717, 1.165) is 4.90 Å². The van der Waals surface area contributed by atoms with Crippen LogP contribution in [0.2, 0.25) is 0 Å². The highest BCUT2D eigenvalue weighted by Gasteiger charge is 2.24. The van der Waals surface area contributed by atoms with E-state index in [1.54, 1.807) is 37.3 Å². The highest BCUT2D eigenvalue weighted by molar-refractivity contribution is 8.00. The number of anilines is 1. The summed E-state index contributed by atoms with van der Waals surface area (Å²) < 4.78 is 5.18. The zero-order valence-electron chi connectivity index (χ0n) is 13.2. The van der Waals surface area contributed by atoms with E-state index in [0.29, 0.717) is 11.3 Å². The van der Waals surface area contributed by atoms with Crippen LogP contribution in [0.25, 0.3) is 0 Å². The molecule has 0 saturated carbocycles. The maximum Gasteiger partial charge on any atom is 0.338 e. The summed E-state index contributed by atoms with van der Waals surface area (Å²) in [6.45, 7) is 1.60. The molecule has 8 heteroatoms. The molecule has 7 nitrogen and oxygen atoms in total. The quantitative estimate of drug-likeness (QED) is 0.511. The number of hydrogen-bond acceptors (Lipinski definition) is 6. The van der Waals surface area contributed by atoms with Gasteiger partial charge in [0.05, 0.1) is 27.0 Å². The van der Waals surface area contributed by atoms with Gasteiger partial charge in [0.2, 0.25) is 5.91 Å². The number of para-hydroxylation sites is 1. The minimum Gasteiger partial charge on any atom is -0.457 e. The van der Waals surface area contributed by atoms with Gasteiger partial charge in [0.15, 0.2) is 0 Å². The molecule has 1 aliphatic rings. The number of carbonyl (C=O) groups is 2. The Hall–Kier alpha value is -2.87. The Morgan fingerprint density at radius 3 is 2.84 bits per heavy atom. The molecular weight excluding hydrogens is 344 g/mol. The summed E-state index contributed by atoms with van der Waals surface area (Å²) in [4.78, 5) is 35.3. The predicted octanol–water partition coefficient (Wildman–Crippen LogP) is 3.38. The standard InChI is InChI=1S/C17H14N2O5S/c1-10-16(20)18-13-8-11(6-7-15(13)25-10)17(21)24-9-12-4-2-3-5-14(12)19(22)23/h2-8,10H,9H2,1H3,(H,18,20)/t10-/m0/s1. The summed E-state index contributed by atoms with van der Waals surface area (Å²) in [7, 11) is 0. The van der Waals surface area contributed by atoms with Crippen LogP contribution in [0.4, 0.5) is 11.4 Å². The van der Waals surface area contributed by atoms with Crippen LogP contribution < -0.4 is 5.32 Å². The summed E-state index contributed by atoms with van der Waals surface area (Å²) in [6.07, 6.45) is 0. The molecule has 1 N–H and O–H groups in total. The van der Waals surface area contributed by atoms with Crippen molar-refractivity contribution in [3.05, 3.63) is 63.7 Å². The van der Waals surface area contributed by atoms with Crippen molar-refractivity contribution in [2.45, 2.75) is 23.7 Å². The van der Waals surface area contributed by atoms with Crippen molar-refractivity contribution in [2.24, 2.45) is 0 Å². The topological polar surface area (TPSA) is 98.5 Å². The van der Waals surface area contributed by atoms with Crippen molar-refractivity contribution in [1.82, 2.24) is 0 Å². The fraction of sp³-hybridized carbons (Fsp3) is 0.176. The summed E-state index contributed by atoms with van der Waals surface area (Å²) in [6, 6.07) is 11.0. The first-order chi connectivity index (χ1) is 12.0. The Labute approximate surface area is 147 Å². The number of fused-ring (bicyclic) bond motifs is 1. The van der Waals surface area contributed by atoms with Crippen LogP contribution >= 0.6 is 11.8 Å². The van der Waals surface area contributed by atoms with Crippen molar-refractivity contribution in [3.8, 4) is 0 Å². The third kappa shape index (κ3) is 3.63. The number of ether oxygens (including phenoxy) is 1. The molecule has 0 radical (unpaired) electrons. The van der Waals surface area contributed by atoms with Gasteiger partial charge in [0, 0.05) is 11.0 Å². The number of benzene rings is 2. The van der Waals surface area contributed by atoms with Gasteiger partial charge in [-0.05, 0) is 31.2 Å². The average molecular weight is 358 g/mol. The molecule has 0 saturated heterocycles. The van der Waals surface area contributed by atoms with Crippen LogP contribution in [0.3, 0.4) is 0 Å². The van der Waals surface area contributed by atoms with Crippen LogP contribution in [0, 0.1) is 10.1 Å². The largest absolute Gasteiger partial charge is 0.457 e. The fourth-order valence-corrected chi connectivity index (χ4v) is 3.30. The van der Waals surface area contributed by atoms with E-state index in [2.05, 4.69) is 5.32 Å². The highest BCUT2D eigenvalue weighted by atomic mass is 32.2. The zero-order valence-corrected chi connectivity index (χ0v) is 14.0. The normalized spacial score (nSPS) is 15.9. The average Bonchev–Trinajstić information content (AvgIpc) is 2.60. The molecule has 2 aromatic rings. The number of nitrogens with zero attached hydrogens (tertiary/aromatic N) is 1. The van der Waals surface area contributed by atoms with Gasteiger partial charge in [-0.2, -0.15) is 0 Å². The number of nitrogens with one attached hydrogen (secondary N) is 1. The van der Waals surface area contributed by atoms with Crippen LogP contribution in [0.5, 0.6) is 0 Å². The van der Waals surface area contributed by atoms with E-state index in [1.807, 2.05) is 0 Å². The van der Waals surface area contributed by atoms with Gasteiger partial charge in [-0.3, -0.25) is 14.9 Å². The monoisotopic (exact) mass is 358 g/mol. The SMILES string of the molecule is C[C@@H]1Sc2ccc(C(=O)OCc3ccccc3[N+](=O)[O-])cc2NC1=O. The Kier molecular flexibility index (Phi) is 4.71. The highest BCUT2D eigenvalue weighted by Crippen LogP contribution is 2.36. The van der Waals surface area contributed by atoms with Gasteiger partial charge < -0.3 is 10.1 Å². The molecule has 0 bridgehead atoms. The van der Waals surface area contributed by atoms with Gasteiger partial charge in [-0.1, -0.05) is 12.1 Å². The van der Waals surface area contributed by atoms with Crippen LogP contribution in [-0.4, -0.2) is 22.0 Å². The van der Waals surface area contributed by atoms with Crippen molar-refractivity contribution >= 4 is 35.0 Å². The second kappa shape index (κ2) is 6.94. The number of thioether (sulfide) groups is 1. The first-order valence-electron chi connectivity index (χ1n) is 7.46. The molecule has 25 heavy (non-hydrogen) atoms. The second-order valence-electron chi connectivity index (χ2n) is 5.42. The number of amides is 1. The molecule has 1 heterocycles. The lowest BCUT2D eigenvalue weighted by molar-refractivity contribution is -0.385. The van der Waals surface area contributed by atoms with E-state index in [9.17, 15) is 19.7 Å². The molecule has 128 valence electrons. The smallest absolute Gasteiger partial charge is 0.338 e. The Morgan fingerprint density at radius 1 is 1.32 bits per heavy atom. The zero-order chi connectivity index (χ0) is 18.0. The summed E-state index contributed by atoms with van der Waals surface area (Å²) >= 11 is 1.42. The van der Waals surface area contributed by atoms with Crippen molar-refractivity contribution in [1.29, 1.82) is 0 Å². The summed E-state index contributed by atoms with van der Waals surface area (Å²) in [5, 5.41) is 13.5. The number of esters is 1. The number of nitro benzene ring substituents is 1. The van der Waals surface area contributed by atoms with E-state index in [1.165, 1.54) is 23.9 Å². The maximum atomic E-state index is 12.2. The minimum absolute atomic E-state index is 0.0987. The lowest BCUT2D eigenvalue weighted by Crippen LogP contribution is -2.26. The number of rotatable bonds is 4. The summed E-state index contributed by atoms with van der Waals surface area (Å²) in [5.41, 5.74) is 1.05. The van der Waals surface area contributed by atoms with Gasteiger partial charge in [-0.15, -0.1) is 11.8 Å². The third-order valence-corrected chi connectivity index (χ3v) is 4.87. The first kappa shape index (κ1) is 17.0. The molecule has 2 aromatic carbocycles. The molecule has 1 atom stereocenters. The molecule has 3 rings (SSSR count). The molecule has 0 fully saturated rings. The Bertz CT molecular complexity index is 868. The Balaban J connectivity index is 1.74. The Morgan fingerprint density at radius 2 is 2.08 bits per heavy atom. The van der Waals surface area contributed by atoms with Crippen molar-refractivity contribution in [2.75, 3.05) is 5.32 Å². The van der Waals surface area contributed by atoms with Crippen molar-refractivity contribution < 1.29 is 19.2 Å². The van der Waals surface area contributed by atoms with Gasteiger partial charge in [-0.25, -0.2) is 4.79 Å².